The molecule has 0 saturated heterocycles. The van der Waals surface area contributed by atoms with Crippen molar-refractivity contribution >= 4 is 11.7 Å². The number of aliphatic imine (C=N–C) groups is 1. The predicted molar refractivity (Wildman–Crippen MR) is 103 cm³/mol. The van der Waals surface area contributed by atoms with E-state index in [1.54, 1.807) is 0 Å². The molecule has 2 aromatic rings. The molecule has 132 valence electrons. The zero-order valence-corrected chi connectivity index (χ0v) is 15.5. The van der Waals surface area contributed by atoms with Crippen molar-refractivity contribution in [1.29, 1.82) is 0 Å². The summed E-state index contributed by atoms with van der Waals surface area (Å²) in [4.78, 5) is 17.5. The summed E-state index contributed by atoms with van der Waals surface area (Å²) >= 11 is 0. The van der Waals surface area contributed by atoms with Crippen LogP contribution in [0.25, 0.3) is 0 Å². The zero-order chi connectivity index (χ0) is 18.3. The van der Waals surface area contributed by atoms with Crippen molar-refractivity contribution in [1.82, 2.24) is 0 Å². The molecule has 0 amide bonds. The summed E-state index contributed by atoms with van der Waals surface area (Å²) in [5.74, 6) is -0.265. The van der Waals surface area contributed by atoms with Gasteiger partial charge in [0.15, 0.2) is 0 Å². The van der Waals surface area contributed by atoms with E-state index < -0.39 is 11.6 Å². The normalized spacial score (nSPS) is 12.3. The highest BCUT2D eigenvalue weighted by Crippen LogP contribution is 2.17. The minimum Gasteiger partial charge on any atom is -0.458 e. The average molecular weight is 337 g/mol. The molecule has 1 atom stereocenters. The van der Waals surface area contributed by atoms with Crippen molar-refractivity contribution in [3.8, 4) is 0 Å². The smallest absolute Gasteiger partial charge is 0.331 e. The van der Waals surface area contributed by atoms with Crippen LogP contribution in [0.15, 0.2) is 65.7 Å². The second kappa shape index (κ2) is 8.61. The first-order valence-electron chi connectivity index (χ1n) is 8.82. The molecule has 0 heterocycles. The monoisotopic (exact) mass is 337 g/mol. The maximum absolute atomic E-state index is 12.6. The van der Waals surface area contributed by atoms with Crippen LogP contribution in [-0.4, -0.2) is 23.3 Å². The molecule has 3 heteroatoms. The van der Waals surface area contributed by atoms with Gasteiger partial charge in [-0.1, -0.05) is 74.0 Å². The highest BCUT2D eigenvalue weighted by Gasteiger charge is 2.25. The van der Waals surface area contributed by atoms with Gasteiger partial charge in [0, 0.05) is 11.1 Å². The van der Waals surface area contributed by atoms with Crippen molar-refractivity contribution in [3.05, 3.63) is 71.8 Å². The maximum atomic E-state index is 12.6. The number of hydrogen-bond donors (Lipinski definition) is 0. The highest BCUT2D eigenvalue weighted by molar-refractivity contribution is 6.13. The number of carbonyl (C=O) groups excluding carboxylic acids is 1. The van der Waals surface area contributed by atoms with Crippen LogP contribution in [0.2, 0.25) is 0 Å². The molecule has 0 aliphatic carbocycles. The molecule has 0 bridgehead atoms. The van der Waals surface area contributed by atoms with Crippen molar-refractivity contribution in [2.45, 2.75) is 52.2 Å². The van der Waals surface area contributed by atoms with E-state index in [-0.39, 0.29) is 5.97 Å². The Morgan fingerprint density at radius 1 is 0.960 bits per heavy atom. The van der Waals surface area contributed by atoms with Gasteiger partial charge in [-0.05, 0) is 27.2 Å². The van der Waals surface area contributed by atoms with Gasteiger partial charge in [-0.2, -0.15) is 0 Å². The second-order valence-electron chi connectivity index (χ2n) is 7.05. The summed E-state index contributed by atoms with van der Waals surface area (Å²) < 4.78 is 5.58. The van der Waals surface area contributed by atoms with Crippen molar-refractivity contribution in [3.63, 3.8) is 0 Å². The average Bonchev–Trinajstić information content (AvgIpc) is 2.58. The lowest BCUT2D eigenvalue weighted by Gasteiger charge is -2.23. The molecule has 0 saturated carbocycles. The maximum Gasteiger partial charge on any atom is 0.331 e. The van der Waals surface area contributed by atoms with Crippen LogP contribution in [0.5, 0.6) is 0 Å². The van der Waals surface area contributed by atoms with E-state index in [1.165, 1.54) is 0 Å². The SMILES string of the molecule is CCC[C@H](N=C(c1ccccc1)c1ccccc1)C(=O)OC(C)(C)C. The standard InChI is InChI=1S/C22H27NO2/c1-5-12-19(21(24)25-22(2,3)4)23-20(17-13-8-6-9-14-17)18-15-10-7-11-16-18/h6-11,13-16,19H,5,12H2,1-4H3/t19-/m0/s1. The molecule has 0 N–H and O–H groups in total. The molecule has 0 unspecified atom stereocenters. The quantitative estimate of drug-likeness (QED) is 0.547. The van der Waals surface area contributed by atoms with Gasteiger partial charge in [0.1, 0.15) is 11.6 Å². The third-order valence-corrected chi connectivity index (χ3v) is 3.62. The Bertz CT molecular complexity index is 658. The van der Waals surface area contributed by atoms with E-state index in [0.717, 1.165) is 23.3 Å². The third kappa shape index (κ3) is 5.86. The van der Waals surface area contributed by atoms with Crippen LogP contribution in [0, 0.1) is 0 Å². The van der Waals surface area contributed by atoms with Gasteiger partial charge in [0.05, 0.1) is 5.71 Å². The van der Waals surface area contributed by atoms with Gasteiger partial charge in [-0.3, -0.25) is 4.99 Å². The molecular formula is C22H27NO2. The summed E-state index contributed by atoms with van der Waals surface area (Å²) in [6, 6.07) is 19.5. The second-order valence-corrected chi connectivity index (χ2v) is 7.05. The molecule has 0 radical (unpaired) electrons. The molecule has 3 nitrogen and oxygen atoms in total. The van der Waals surface area contributed by atoms with Crippen molar-refractivity contribution in [2.75, 3.05) is 0 Å². The third-order valence-electron chi connectivity index (χ3n) is 3.62. The van der Waals surface area contributed by atoms with E-state index in [0.29, 0.717) is 6.42 Å². The number of esters is 1. The Labute approximate surface area is 150 Å². The molecule has 2 aromatic carbocycles. The van der Waals surface area contributed by atoms with E-state index in [2.05, 4.69) is 6.92 Å². The van der Waals surface area contributed by atoms with Gasteiger partial charge in [0.2, 0.25) is 0 Å². The first-order valence-corrected chi connectivity index (χ1v) is 8.82. The number of nitrogens with zero attached hydrogens (tertiary/aromatic N) is 1. The number of rotatable bonds is 6. The minimum absolute atomic E-state index is 0.265. The van der Waals surface area contributed by atoms with E-state index in [1.807, 2.05) is 81.4 Å². The molecule has 0 spiro atoms. The Balaban J connectivity index is 2.44. The summed E-state index contributed by atoms with van der Waals surface area (Å²) in [5.41, 5.74) is 2.31. The van der Waals surface area contributed by atoms with Crippen LogP contribution in [0.1, 0.15) is 51.7 Å². The zero-order valence-electron chi connectivity index (χ0n) is 15.5. The molecule has 0 aliphatic rings. The lowest BCUT2D eigenvalue weighted by Crippen LogP contribution is -2.31. The Morgan fingerprint density at radius 3 is 1.84 bits per heavy atom. The van der Waals surface area contributed by atoms with E-state index in [4.69, 9.17) is 9.73 Å². The number of ether oxygens (including phenoxy) is 1. The summed E-state index contributed by atoms with van der Waals surface area (Å²) in [5, 5.41) is 0. The van der Waals surface area contributed by atoms with Crippen LogP contribution in [-0.2, 0) is 9.53 Å². The summed E-state index contributed by atoms with van der Waals surface area (Å²) in [7, 11) is 0. The predicted octanol–water partition coefficient (Wildman–Crippen LogP) is 5.03. The highest BCUT2D eigenvalue weighted by atomic mass is 16.6. The van der Waals surface area contributed by atoms with Crippen LogP contribution in [0.4, 0.5) is 0 Å². The fraction of sp³-hybridized carbons (Fsp3) is 0.364. The summed E-state index contributed by atoms with van der Waals surface area (Å²) in [6.45, 7) is 7.70. The van der Waals surface area contributed by atoms with Crippen molar-refractivity contribution in [2.24, 2.45) is 4.99 Å². The lowest BCUT2D eigenvalue weighted by atomic mass is 10.0. The first-order chi connectivity index (χ1) is 11.9. The van der Waals surface area contributed by atoms with Crippen LogP contribution < -0.4 is 0 Å². The fourth-order valence-electron chi connectivity index (χ4n) is 2.54. The van der Waals surface area contributed by atoms with Gasteiger partial charge >= 0.3 is 5.97 Å². The van der Waals surface area contributed by atoms with Gasteiger partial charge in [-0.15, -0.1) is 0 Å². The fourth-order valence-corrected chi connectivity index (χ4v) is 2.54. The number of carbonyl (C=O) groups is 1. The Kier molecular flexibility index (Phi) is 6.51. The first kappa shape index (κ1) is 18.9. The molecular weight excluding hydrogens is 310 g/mol. The van der Waals surface area contributed by atoms with Gasteiger partial charge in [-0.25, -0.2) is 4.79 Å². The molecule has 0 fully saturated rings. The molecule has 25 heavy (non-hydrogen) atoms. The van der Waals surface area contributed by atoms with Crippen LogP contribution in [0.3, 0.4) is 0 Å². The Hall–Kier alpha value is -2.42. The molecule has 0 aromatic heterocycles. The largest absolute Gasteiger partial charge is 0.458 e. The van der Waals surface area contributed by atoms with Gasteiger partial charge < -0.3 is 4.74 Å². The van der Waals surface area contributed by atoms with Crippen molar-refractivity contribution < 1.29 is 9.53 Å². The van der Waals surface area contributed by atoms with E-state index >= 15 is 0 Å². The number of hydrogen-bond acceptors (Lipinski definition) is 3. The van der Waals surface area contributed by atoms with E-state index in [9.17, 15) is 4.79 Å². The molecule has 0 aliphatic heterocycles. The number of benzene rings is 2. The van der Waals surface area contributed by atoms with Gasteiger partial charge in [0.25, 0.3) is 0 Å². The Morgan fingerprint density at radius 2 is 1.44 bits per heavy atom. The minimum atomic E-state index is -0.516. The molecule has 2 rings (SSSR count). The summed E-state index contributed by atoms with van der Waals surface area (Å²) in [6.07, 6.45) is 1.53. The topological polar surface area (TPSA) is 38.7 Å². The van der Waals surface area contributed by atoms with Crippen LogP contribution >= 0.6 is 0 Å². The lowest BCUT2D eigenvalue weighted by molar-refractivity contribution is -0.156.